The standard InChI is InChI=1S/C16H18N4O2S/c1-10-19-16(22-20-10)14-3-2-12(21-14)9-17-7-11-6-15-13(18-8-11)4-5-23-15/h4-6,8,12,14,17H,2-3,7,9H2,1H3/t12-,14+/m1/s1. The largest absolute Gasteiger partial charge is 0.364 e. The summed E-state index contributed by atoms with van der Waals surface area (Å²) in [4.78, 5) is 8.71. The van der Waals surface area contributed by atoms with Crippen LogP contribution in [0, 0.1) is 6.92 Å². The Morgan fingerprint density at radius 2 is 2.35 bits per heavy atom. The first-order chi connectivity index (χ1) is 11.3. The van der Waals surface area contributed by atoms with Crippen LogP contribution >= 0.6 is 11.3 Å². The van der Waals surface area contributed by atoms with Crippen LogP contribution in [0.1, 0.15) is 36.2 Å². The van der Waals surface area contributed by atoms with Crippen molar-refractivity contribution in [1.29, 1.82) is 0 Å². The predicted molar refractivity (Wildman–Crippen MR) is 87.2 cm³/mol. The van der Waals surface area contributed by atoms with Crippen molar-refractivity contribution in [1.82, 2.24) is 20.4 Å². The van der Waals surface area contributed by atoms with Gasteiger partial charge in [0.1, 0.15) is 6.10 Å². The van der Waals surface area contributed by atoms with E-state index in [1.54, 1.807) is 11.3 Å². The van der Waals surface area contributed by atoms with Gasteiger partial charge in [-0.3, -0.25) is 4.98 Å². The molecular formula is C16H18N4O2S. The number of aryl methyl sites for hydroxylation is 1. The Morgan fingerprint density at radius 1 is 1.39 bits per heavy atom. The van der Waals surface area contributed by atoms with E-state index >= 15 is 0 Å². The van der Waals surface area contributed by atoms with Gasteiger partial charge in [0.05, 0.1) is 16.3 Å². The molecule has 3 aromatic heterocycles. The Hall–Kier alpha value is -1.83. The molecule has 23 heavy (non-hydrogen) atoms. The molecule has 0 saturated carbocycles. The van der Waals surface area contributed by atoms with E-state index in [1.807, 2.05) is 19.2 Å². The van der Waals surface area contributed by atoms with Gasteiger partial charge >= 0.3 is 0 Å². The first-order valence-electron chi connectivity index (χ1n) is 7.76. The quantitative estimate of drug-likeness (QED) is 0.775. The van der Waals surface area contributed by atoms with E-state index in [4.69, 9.17) is 9.26 Å². The van der Waals surface area contributed by atoms with Crippen LogP contribution < -0.4 is 5.32 Å². The molecule has 0 radical (unpaired) electrons. The van der Waals surface area contributed by atoms with Crippen molar-refractivity contribution in [3.05, 3.63) is 41.0 Å². The molecule has 3 aromatic rings. The number of nitrogens with zero attached hydrogens (tertiary/aromatic N) is 3. The fourth-order valence-corrected chi connectivity index (χ4v) is 3.65. The highest BCUT2D eigenvalue weighted by molar-refractivity contribution is 7.17. The molecular weight excluding hydrogens is 312 g/mol. The first-order valence-corrected chi connectivity index (χ1v) is 8.64. The van der Waals surface area contributed by atoms with E-state index in [2.05, 4.69) is 31.9 Å². The number of fused-ring (bicyclic) bond motifs is 1. The van der Waals surface area contributed by atoms with Gasteiger partial charge in [-0.05, 0) is 42.8 Å². The monoisotopic (exact) mass is 330 g/mol. The summed E-state index contributed by atoms with van der Waals surface area (Å²) in [5, 5.41) is 9.34. The number of nitrogens with one attached hydrogen (secondary N) is 1. The highest BCUT2D eigenvalue weighted by atomic mass is 32.1. The lowest BCUT2D eigenvalue weighted by Crippen LogP contribution is -2.26. The maximum absolute atomic E-state index is 5.98. The fraction of sp³-hybridized carbons (Fsp3) is 0.438. The summed E-state index contributed by atoms with van der Waals surface area (Å²) in [5.41, 5.74) is 2.26. The van der Waals surface area contributed by atoms with Crippen molar-refractivity contribution in [3.8, 4) is 0 Å². The third-order valence-electron chi connectivity index (χ3n) is 3.99. The highest BCUT2D eigenvalue weighted by Crippen LogP contribution is 2.31. The summed E-state index contributed by atoms with van der Waals surface area (Å²) in [6, 6.07) is 4.24. The molecule has 0 aliphatic carbocycles. The van der Waals surface area contributed by atoms with E-state index in [1.165, 1.54) is 10.3 Å². The summed E-state index contributed by atoms with van der Waals surface area (Å²) in [7, 11) is 0. The maximum atomic E-state index is 5.98. The minimum atomic E-state index is -0.0628. The van der Waals surface area contributed by atoms with E-state index in [0.29, 0.717) is 11.7 Å². The Kier molecular flexibility index (Phi) is 4.07. The smallest absolute Gasteiger partial charge is 0.255 e. The SMILES string of the molecule is Cc1noc([C@@H]2CC[C@H](CNCc3cnc4ccsc4c3)O2)n1. The number of hydrogen-bond donors (Lipinski definition) is 1. The Morgan fingerprint density at radius 3 is 3.22 bits per heavy atom. The third kappa shape index (κ3) is 3.26. The van der Waals surface area contributed by atoms with Gasteiger partial charge in [0.25, 0.3) is 5.89 Å². The number of thiophene rings is 1. The number of aromatic nitrogens is 3. The van der Waals surface area contributed by atoms with Gasteiger partial charge < -0.3 is 14.6 Å². The minimum Gasteiger partial charge on any atom is -0.364 e. The summed E-state index contributed by atoms with van der Waals surface area (Å²) >= 11 is 1.72. The Labute approximate surface area is 137 Å². The van der Waals surface area contributed by atoms with E-state index in [0.717, 1.165) is 31.4 Å². The summed E-state index contributed by atoms with van der Waals surface area (Å²) < 4.78 is 12.4. The molecule has 1 aliphatic heterocycles. The van der Waals surface area contributed by atoms with Crippen molar-refractivity contribution in [2.45, 2.75) is 38.5 Å². The zero-order valence-corrected chi connectivity index (χ0v) is 13.7. The predicted octanol–water partition coefficient (Wildman–Crippen LogP) is 3.00. The van der Waals surface area contributed by atoms with Crippen LogP contribution in [0.4, 0.5) is 0 Å². The molecule has 0 spiro atoms. The number of ether oxygens (including phenoxy) is 1. The van der Waals surface area contributed by atoms with Crippen molar-refractivity contribution >= 4 is 21.6 Å². The van der Waals surface area contributed by atoms with Gasteiger partial charge in [-0.2, -0.15) is 4.98 Å². The van der Waals surface area contributed by atoms with Gasteiger partial charge in [-0.1, -0.05) is 5.16 Å². The average Bonchev–Trinajstić information content (AvgIpc) is 3.26. The lowest BCUT2D eigenvalue weighted by atomic mass is 10.2. The van der Waals surface area contributed by atoms with Crippen molar-refractivity contribution in [2.75, 3.05) is 6.54 Å². The van der Waals surface area contributed by atoms with Gasteiger partial charge in [0, 0.05) is 19.3 Å². The molecule has 0 amide bonds. The van der Waals surface area contributed by atoms with Crippen LogP contribution in [0.2, 0.25) is 0 Å². The van der Waals surface area contributed by atoms with Gasteiger partial charge in [0.2, 0.25) is 0 Å². The normalized spacial score (nSPS) is 21.3. The van der Waals surface area contributed by atoms with E-state index < -0.39 is 0 Å². The van der Waals surface area contributed by atoms with Crippen molar-refractivity contribution in [3.63, 3.8) is 0 Å². The number of hydrogen-bond acceptors (Lipinski definition) is 7. The molecule has 1 fully saturated rings. The molecule has 7 heteroatoms. The van der Waals surface area contributed by atoms with Crippen LogP contribution in [0.3, 0.4) is 0 Å². The minimum absolute atomic E-state index is 0.0628. The molecule has 1 saturated heterocycles. The van der Waals surface area contributed by atoms with Gasteiger partial charge in [-0.15, -0.1) is 11.3 Å². The molecule has 4 rings (SSSR count). The number of pyridine rings is 1. The van der Waals surface area contributed by atoms with Crippen LogP contribution in [-0.4, -0.2) is 27.8 Å². The number of rotatable bonds is 5. The Bertz CT molecular complexity index is 800. The van der Waals surface area contributed by atoms with Crippen LogP contribution in [-0.2, 0) is 11.3 Å². The highest BCUT2D eigenvalue weighted by Gasteiger charge is 2.30. The average molecular weight is 330 g/mol. The zero-order chi connectivity index (χ0) is 15.6. The third-order valence-corrected chi connectivity index (χ3v) is 4.84. The molecule has 6 nitrogen and oxygen atoms in total. The molecule has 4 heterocycles. The summed E-state index contributed by atoms with van der Waals surface area (Å²) in [6.07, 6.45) is 3.98. The second kappa shape index (κ2) is 6.35. The zero-order valence-electron chi connectivity index (χ0n) is 12.9. The fourth-order valence-electron chi connectivity index (χ4n) is 2.84. The topological polar surface area (TPSA) is 73.1 Å². The van der Waals surface area contributed by atoms with E-state index in [9.17, 15) is 0 Å². The van der Waals surface area contributed by atoms with Gasteiger partial charge in [0.15, 0.2) is 5.82 Å². The molecule has 0 bridgehead atoms. The van der Waals surface area contributed by atoms with Crippen LogP contribution in [0.25, 0.3) is 10.2 Å². The molecule has 1 N–H and O–H groups in total. The molecule has 120 valence electrons. The van der Waals surface area contributed by atoms with Gasteiger partial charge in [-0.25, -0.2) is 0 Å². The molecule has 0 unspecified atom stereocenters. The molecule has 0 aromatic carbocycles. The second-order valence-corrected chi connectivity index (χ2v) is 6.73. The molecule has 2 atom stereocenters. The van der Waals surface area contributed by atoms with E-state index in [-0.39, 0.29) is 12.2 Å². The van der Waals surface area contributed by atoms with Crippen molar-refractivity contribution < 1.29 is 9.26 Å². The Balaban J connectivity index is 1.28. The summed E-state index contributed by atoms with van der Waals surface area (Å²) in [6.45, 7) is 3.43. The molecule has 1 aliphatic rings. The maximum Gasteiger partial charge on any atom is 0.255 e. The van der Waals surface area contributed by atoms with Crippen LogP contribution in [0.5, 0.6) is 0 Å². The van der Waals surface area contributed by atoms with Crippen LogP contribution in [0.15, 0.2) is 28.2 Å². The van der Waals surface area contributed by atoms with Crippen molar-refractivity contribution in [2.24, 2.45) is 0 Å². The lowest BCUT2D eigenvalue weighted by molar-refractivity contribution is 0.0264. The first kappa shape index (κ1) is 14.7. The second-order valence-electron chi connectivity index (χ2n) is 5.78. The summed E-state index contributed by atoms with van der Waals surface area (Å²) in [5.74, 6) is 1.25. The lowest BCUT2D eigenvalue weighted by Gasteiger charge is -2.12.